The second kappa shape index (κ2) is 6.74. The highest BCUT2D eigenvalue weighted by atomic mass is 19.4. The Morgan fingerprint density at radius 1 is 1.12 bits per heavy atom. The first kappa shape index (κ1) is 17.3. The molecule has 3 rings (SSSR count). The molecule has 1 aliphatic heterocycles. The fourth-order valence-electron chi connectivity index (χ4n) is 3.16. The van der Waals surface area contributed by atoms with E-state index in [1.165, 1.54) is 30.5 Å². The molecule has 0 spiro atoms. The van der Waals surface area contributed by atoms with E-state index < -0.39 is 17.6 Å². The molecule has 0 bridgehead atoms. The van der Waals surface area contributed by atoms with Crippen molar-refractivity contribution in [1.82, 2.24) is 4.90 Å². The number of carbonyl (C=O) groups is 1. The summed E-state index contributed by atoms with van der Waals surface area (Å²) in [6.45, 7) is 0.472. The Morgan fingerprint density at radius 3 is 2.48 bits per heavy atom. The zero-order chi connectivity index (χ0) is 18.0. The highest BCUT2D eigenvalue weighted by molar-refractivity contribution is 5.91. The zero-order valence-electron chi connectivity index (χ0n) is 13.4. The Hall–Kier alpha value is -2.57. The second-order valence-corrected chi connectivity index (χ2v) is 6.04. The summed E-state index contributed by atoms with van der Waals surface area (Å²) in [5.74, 6) is -0.403. The standard InChI is InChI=1S/C18H17F3N2O2/c19-18(20,21)14-9-7-13(8-10-14)15-5-1-3-11-22(15)17(24)16-6-2-4-12-23(16)25/h2,4,6-10,12,15H,1,3,5,11H2/t15-/m0/s1. The SMILES string of the molecule is O=C(c1cccc[n+]1[O-])N1CCCC[C@H]1c1ccc(C(F)(F)F)cc1. The topological polar surface area (TPSA) is 47.2 Å². The van der Waals surface area contributed by atoms with E-state index in [1.54, 1.807) is 11.0 Å². The van der Waals surface area contributed by atoms with Gasteiger partial charge in [-0.1, -0.05) is 12.1 Å². The molecule has 7 heteroatoms. The van der Waals surface area contributed by atoms with Crippen molar-refractivity contribution in [1.29, 1.82) is 0 Å². The largest absolute Gasteiger partial charge is 0.618 e. The first-order valence-electron chi connectivity index (χ1n) is 8.04. The number of hydrogen-bond acceptors (Lipinski definition) is 2. The third kappa shape index (κ3) is 3.60. The Balaban J connectivity index is 1.89. The molecular formula is C18H17F3N2O2. The number of likely N-dealkylation sites (tertiary alicyclic amines) is 1. The summed E-state index contributed by atoms with van der Waals surface area (Å²) >= 11 is 0. The summed E-state index contributed by atoms with van der Waals surface area (Å²) in [4.78, 5) is 14.3. The van der Waals surface area contributed by atoms with Crippen molar-refractivity contribution in [3.63, 3.8) is 0 Å². The summed E-state index contributed by atoms with van der Waals surface area (Å²) in [5, 5.41) is 11.8. The molecule has 1 aromatic carbocycles. The number of alkyl halides is 3. The van der Waals surface area contributed by atoms with Crippen LogP contribution >= 0.6 is 0 Å². The van der Waals surface area contributed by atoms with Crippen LogP contribution in [0, 0.1) is 5.21 Å². The van der Waals surface area contributed by atoms with Gasteiger partial charge in [0.15, 0.2) is 6.20 Å². The molecule has 1 amide bonds. The first-order valence-corrected chi connectivity index (χ1v) is 8.04. The number of carbonyl (C=O) groups excluding carboxylic acids is 1. The van der Waals surface area contributed by atoms with Gasteiger partial charge in [-0.05, 0) is 43.0 Å². The summed E-state index contributed by atoms with van der Waals surface area (Å²) in [6, 6.07) is 9.15. The minimum atomic E-state index is -4.39. The highest BCUT2D eigenvalue weighted by Crippen LogP contribution is 2.34. The number of rotatable bonds is 2. The van der Waals surface area contributed by atoms with E-state index in [4.69, 9.17) is 0 Å². The van der Waals surface area contributed by atoms with E-state index in [0.29, 0.717) is 23.3 Å². The summed E-state index contributed by atoms with van der Waals surface area (Å²) in [5.41, 5.74) is -0.0545. The fourth-order valence-corrected chi connectivity index (χ4v) is 3.16. The Kier molecular flexibility index (Phi) is 4.65. The lowest BCUT2D eigenvalue weighted by molar-refractivity contribution is -0.608. The van der Waals surface area contributed by atoms with Gasteiger partial charge in [-0.3, -0.25) is 4.79 Å². The molecule has 1 aromatic heterocycles. The summed E-state index contributed by atoms with van der Waals surface area (Å²) in [6.07, 6.45) is -0.804. The average Bonchev–Trinajstić information content (AvgIpc) is 2.61. The molecule has 1 atom stereocenters. The van der Waals surface area contributed by atoms with Crippen LogP contribution in [0.1, 0.15) is 46.9 Å². The van der Waals surface area contributed by atoms with Crippen LogP contribution < -0.4 is 4.73 Å². The number of halogens is 3. The van der Waals surface area contributed by atoms with Gasteiger partial charge < -0.3 is 10.1 Å². The summed E-state index contributed by atoms with van der Waals surface area (Å²) < 4.78 is 38.7. The lowest BCUT2D eigenvalue weighted by Gasteiger charge is -2.35. The normalized spacial score (nSPS) is 18.2. The van der Waals surface area contributed by atoms with Crippen LogP contribution in [0.3, 0.4) is 0 Å². The van der Waals surface area contributed by atoms with Crippen LogP contribution in [0.4, 0.5) is 13.2 Å². The van der Waals surface area contributed by atoms with Crippen LogP contribution in [0.5, 0.6) is 0 Å². The molecule has 0 saturated carbocycles. The smallest absolute Gasteiger partial charge is 0.416 e. The number of piperidine rings is 1. The van der Waals surface area contributed by atoms with E-state index in [9.17, 15) is 23.2 Å². The third-order valence-corrected chi connectivity index (χ3v) is 4.43. The molecule has 1 aliphatic rings. The van der Waals surface area contributed by atoms with Crippen LogP contribution in [0.2, 0.25) is 0 Å². The maximum Gasteiger partial charge on any atom is 0.416 e. The lowest BCUT2D eigenvalue weighted by Crippen LogP contribution is -2.44. The highest BCUT2D eigenvalue weighted by Gasteiger charge is 2.34. The van der Waals surface area contributed by atoms with Crippen molar-refractivity contribution in [2.45, 2.75) is 31.5 Å². The van der Waals surface area contributed by atoms with Gasteiger partial charge in [0, 0.05) is 18.7 Å². The molecule has 0 N–H and O–H groups in total. The fraction of sp³-hybridized carbons (Fsp3) is 0.333. The Labute approximate surface area is 143 Å². The molecular weight excluding hydrogens is 333 g/mol. The van der Waals surface area contributed by atoms with Gasteiger partial charge in [0.1, 0.15) is 0 Å². The van der Waals surface area contributed by atoms with Crippen molar-refractivity contribution >= 4 is 5.91 Å². The van der Waals surface area contributed by atoms with Crippen LogP contribution in [-0.2, 0) is 6.18 Å². The zero-order valence-corrected chi connectivity index (χ0v) is 13.4. The maximum atomic E-state index is 12.8. The van der Waals surface area contributed by atoms with Crippen molar-refractivity contribution in [3.05, 3.63) is 70.7 Å². The number of pyridine rings is 1. The molecule has 25 heavy (non-hydrogen) atoms. The molecule has 2 aromatic rings. The molecule has 4 nitrogen and oxygen atoms in total. The predicted octanol–water partition coefficient (Wildman–Crippen LogP) is 3.71. The molecule has 0 aliphatic carbocycles. The Morgan fingerprint density at radius 2 is 1.84 bits per heavy atom. The van der Waals surface area contributed by atoms with Crippen LogP contribution in [0.15, 0.2) is 48.7 Å². The molecule has 132 valence electrons. The van der Waals surface area contributed by atoms with Gasteiger partial charge >= 0.3 is 12.1 Å². The average molecular weight is 350 g/mol. The van der Waals surface area contributed by atoms with E-state index in [-0.39, 0.29) is 11.7 Å². The number of aromatic nitrogens is 1. The Bertz CT molecular complexity index is 760. The van der Waals surface area contributed by atoms with Gasteiger partial charge in [0.2, 0.25) is 0 Å². The second-order valence-electron chi connectivity index (χ2n) is 6.04. The summed E-state index contributed by atoms with van der Waals surface area (Å²) in [7, 11) is 0. The van der Waals surface area contributed by atoms with Crippen LogP contribution in [0.25, 0.3) is 0 Å². The number of amides is 1. The van der Waals surface area contributed by atoms with Crippen molar-refractivity contribution < 1.29 is 22.7 Å². The van der Waals surface area contributed by atoms with E-state index in [2.05, 4.69) is 0 Å². The predicted molar refractivity (Wildman–Crippen MR) is 84.5 cm³/mol. The minimum absolute atomic E-state index is 0.0151. The molecule has 1 saturated heterocycles. The van der Waals surface area contributed by atoms with E-state index >= 15 is 0 Å². The van der Waals surface area contributed by atoms with Gasteiger partial charge in [-0.15, -0.1) is 0 Å². The minimum Gasteiger partial charge on any atom is -0.618 e. The van der Waals surface area contributed by atoms with E-state index in [0.717, 1.165) is 25.0 Å². The number of benzene rings is 1. The quantitative estimate of drug-likeness (QED) is 0.612. The number of nitrogens with zero attached hydrogens (tertiary/aromatic N) is 2. The van der Waals surface area contributed by atoms with Crippen molar-refractivity contribution in [3.8, 4) is 0 Å². The molecule has 0 radical (unpaired) electrons. The third-order valence-electron chi connectivity index (χ3n) is 4.43. The van der Waals surface area contributed by atoms with Gasteiger partial charge in [-0.2, -0.15) is 17.9 Å². The molecule has 0 unspecified atom stereocenters. The maximum absolute atomic E-state index is 12.8. The van der Waals surface area contributed by atoms with Gasteiger partial charge in [0.25, 0.3) is 5.69 Å². The molecule has 1 fully saturated rings. The van der Waals surface area contributed by atoms with Crippen LogP contribution in [-0.4, -0.2) is 17.4 Å². The monoisotopic (exact) mass is 350 g/mol. The van der Waals surface area contributed by atoms with Gasteiger partial charge in [0.05, 0.1) is 11.6 Å². The molecule has 2 heterocycles. The first-order chi connectivity index (χ1) is 11.9. The van der Waals surface area contributed by atoms with Gasteiger partial charge in [-0.25, -0.2) is 0 Å². The van der Waals surface area contributed by atoms with Crippen molar-refractivity contribution in [2.75, 3.05) is 6.54 Å². The lowest BCUT2D eigenvalue weighted by atomic mass is 9.94. The number of hydrogen-bond donors (Lipinski definition) is 0. The van der Waals surface area contributed by atoms with Crippen molar-refractivity contribution in [2.24, 2.45) is 0 Å². The van der Waals surface area contributed by atoms with E-state index in [1.807, 2.05) is 0 Å².